The third kappa shape index (κ3) is 16.3. The first-order chi connectivity index (χ1) is 20.7. The zero-order valence-corrected chi connectivity index (χ0v) is 26.1. The van der Waals surface area contributed by atoms with Gasteiger partial charge >= 0.3 is 0 Å². The normalized spacial score (nSPS) is 10.6. The van der Waals surface area contributed by atoms with Crippen molar-refractivity contribution in [3.63, 3.8) is 0 Å². The molecular weight excluding hydrogens is 611 g/mol. The molecule has 43 heavy (non-hydrogen) atoms. The standard InChI is InChI=1S/C29H37N5O6S3/c30-25(42-27(32)19-22(37)15-20-3-1-5-23(16-20)39-11-9-35)7-13-41-14-8-26(31)43-29(33)34-28(38)18-21-4-2-6-24(17-21)40-12-10-36/h1-6,16-17,30-32,35-36H,7-15,18-19H2,(H2,33,34,38). The molecule has 0 atom stereocenters. The molecule has 0 aromatic heterocycles. The maximum Gasteiger partial charge on any atom is 0.230 e. The molecule has 0 fully saturated rings. The lowest BCUT2D eigenvalue weighted by atomic mass is 10.1. The van der Waals surface area contributed by atoms with Gasteiger partial charge in [-0.05, 0) is 58.7 Å². The average Bonchev–Trinajstić information content (AvgIpc) is 2.94. The van der Waals surface area contributed by atoms with E-state index in [1.165, 1.54) is 0 Å². The van der Waals surface area contributed by atoms with Crippen molar-refractivity contribution in [3.05, 3.63) is 59.7 Å². The highest BCUT2D eigenvalue weighted by Gasteiger charge is 2.12. The maximum absolute atomic E-state index is 12.4. The Balaban J connectivity index is 1.57. The van der Waals surface area contributed by atoms with Crippen molar-refractivity contribution < 1.29 is 29.3 Å². The molecule has 7 N–H and O–H groups in total. The summed E-state index contributed by atoms with van der Waals surface area (Å²) in [5.74, 6) is 1.85. The van der Waals surface area contributed by atoms with Crippen LogP contribution in [0, 0.1) is 21.6 Å². The smallest absolute Gasteiger partial charge is 0.230 e. The number of rotatable bonds is 18. The molecule has 0 bridgehead atoms. The van der Waals surface area contributed by atoms with Crippen LogP contribution in [0.2, 0.25) is 0 Å². The van der Waals surface area contributed by atoms with Crippen molar-refractivity contribution in [3.8, 4) is 11.5 Å². The molecule has 0 aliphatic heterocycles. The fraction of sp³-hybridized carbons (Fsp3) is 0.379. The van der Waals surface area contributed by atoms with Crippen LogP contribution in [0.1, 0.15) is 30.4 Å². The van der Waals surface area contributed by atoms with Crippen LogP contribution in [0.25, 0.3) is 0 Å². The number of amidine groups is 1. The van der Waals surface area contributed by atoms with Gasteiger partial charge in [0.05, 0.1) is 41.2 Å². The van der Waals surface area contributed by atoms with Crippen molar-refractivity contribution in [2.24, 2.45) is 0 Å². The molecule has 1 amide bonds. The first-order valence-electron chi connectivity index (χ1n) is 13.4. The van der Waals surface area contributed by atoms with Gasteiger partial charge in [-0.25, -0.2) is 0 Å². The molecule has 0 unspecified atom stereocenters. The van der Waals surface area contributed by atoms with E-state index in [-0.39, 0.29) is 72.6 Å². The van der Waals surface area contributed by atoms with Crippen LogP contribution in [-0.2, 0) is 22.4 Å². The highest BCUT2D eigenvalue weighted by Crippen LogP contribution is 2.18. The van der Waals surface area contributed by atoms with E-state index in [1.807, 2.05) is 0 Å². The minimum absolute atomic E-state index is 0.0491. The Hall–Kier alpha value is -3.17. The summed E-state index contributed by atoms with van der Waals surface area (Å²) < 4.78 is 10.7. The number of thioether (sulfide) groups is 3. The number of aliphatic hydroxyl groups excluding tert-OH is 2. The summed E-state index contributed by atoms with van der Waals surface area (Å²) in [7, 11) is 0. The van der Waals surface area contributed by atoms with Gasteiger partial charge in [0.25, 0.3) is 0 Å². The maximum atomic E-state index is 12.4. The molecule has 14 heteroatoms. The second-order valence-electron chi connectivity index (χ2n) is 8.97. The number of hydrogen-bond donors (Lipinski definition) is 7. The first kappa shape index (κ1) is 36.0. The molecule has 2 rings (SSSR count). The van der Waals surface area contributed by atoms with Gasteiger partial charge in [0.15, 0.2) is 5.17 Å². The van der Waals surface area contributed by atoms with Crippen LogP contribution >= 0.6 is 35.3 Å². The van der Waals surface area contributed by atoms with Crippen LogP contribution in [0.15, 0.2) is 48.5 Å². The predicted molar refractivity (Wildman–Crippen MR) is 176 cm³/mol. The van der Waals surface area contributed by atoms with Crippen molar-refractivity contribution in [1.82, 2.24) is 5.32 Å². The molecular formula is C29H37N5O6S3. The van der Waals surface area contributed by atoms with Gasteiger partial charge in [0.1, 0.15) is 30.5 Å². The molecule has 0 spiro atoms. The third-order valence-electron chi connectivity index (χ3n) is 5.31. The SMILES string of the molecule is N=C(CCSCCC(=N)SC(=N)NC(=O)Cc1cccc(OCCO)c1)SC(=N)CC(=O)Cc1cccc(OCCO)c1. The molecule has 0 aliphatic carbocycles. The summed E-state index contributed by atoms with van der Waals surface area (Å²) in [6.45, 7) is 0.129. The Kier molecular flexibility index (Phi) is 17.3. The van der Waals surface area contributed by atoms with Gasteiger partial charge in [-0.1, -0.05) is 36.0 Å². The van der Waals surface area contributed by atoms with Crippen LogP contribution in [0.5, 0.6) is 11.5 Å². The van der Waals surface area contributed by atoms with Gasteiger partial charge in [0, 0.05) is 19.3 Å². The van der Waals surface area contributed by atoms with Crippen molar-refractivity contribution in [2.75, 3.05) is 37.9 Å². The molecule has 0 radical (unpaired) electrons. The zero-order chi connectivity index (χ0) is 31.5. The molecule has 2 aromatic rings. The molecule has 0 heterocycles. The molecule has 0 saturated heterocycles. The van der Waals surface area contributed by atoms with E-state index in [0.29, 0.717) is 46.5 Å². The third-order valence-corrected chi connectivity index (χ3v) is 7.90. The summed E-state index contributed by atoms with van der Waals surface area (Å²) >= 11 is 3.42. The lowest BCUT2D eigenvalue weighted by Crippen LogP contribution is -2.29. The van der Waals surface area contributed by atoms with E-state index in [9.17, 15) is 9.59 Å². The van der Waals surface area contributed by atoms with E-state index in [4.69, 9.17) is 41.3 Å². The number of ketones is 1. The van der Waals surface area contributed by atoms with Gasteiger partial charge in [0.2, 0.25) is 5.91 Å². The molecule has 11 nitrogen and oxygen atoms in total. The van der Waals surface area contributed by atoms with Crippen LogP contribution in [-0.4, -0.2) is 80.1 Å². The summed E-state index contributed by atoms with van der Waals surface area (Å²) in [5, 5.41) is 53.0. The summed E-state index contributed by atoms with van der Waals surface area (Å²) in [5.41, 5.74) is 1.47. The van der Waals surface area contributed by atoms with E-state index >= 15 is 0 Å². The minimum Gasteiger partial charge on any atom is -0.491 e. The van der Waals surface area contributed by atoms with Crippen LogP contribution < -0.4 is 14.8 Å². The van der Waals surface area contributed by atoms with E-state index in [2.05, 4.69) is 5.32 Å². The van der Waals surface area contributed by atoms with E-state index < -0.39 is 0 Å². The van der Waals surface area contributed by atoms with E-state index in [0.717, 1.165) is 29.1 Å². The number of carbonyl (C=O) groups is 2. The molecule has 232 valence electrons. The number of aliphatic hydroxyl groups is 2. The number of amides is 1. The predicted octanol–water partition coefficient (Wildman–Crippen LogP) is 4.14. The Morgan fingerprint density at radius 1 is 0.744 bits per heavy atom. The van der Waals surface area contributed by atoms with Gasteiger partial charge in [-0.2, -0.15) is 11.8 Å². The second-order valence-corrected chi connectivity index (χ2v) is 12.5. The number of hydrogen-bond acceptors (Lipinski definition) is 13. The van der Waals surface area contributed by atoms with Crippen molar-refractivity contribution in [2.45, 2.75) is 32.1 Å². The summed E-state index contributed by atoms with van der Waals surface area (Å²) in [4.78, 5) is 24.6. The van der Waals surface area contributed by atoms with Gasteiger partial charge in [-0.3, -0.25) is 31.2 Å². The lowest BCUT2D eigenvalue weighted by Gasteiger charge is -2.09. The summed E-state index contributed by atoms with van der Waals surface area (Å²) in [6.07, 6.45) is 1.00. The zero-order valence-electron chi connectivity index (χ0n) is 23.6. The largest absolute Gasteiger partial charge is 0.491 e. The highest BCUT2D eigenvalue weighted by atomic mass is 32.2. The topological polar surface area (TPSA) is 200 Å². The number of carbonyl (C=O) groups excluding carboxylic acids is 2. The minimum atomic E-state index is -0.375. The number of benzene rings is 2. The average molecular weight is 648 g/mol. The molecule has 2 aromatic carbocycles. The monoisotopic (exact) mass is 647 g/mol. The summed E-state index contributed by atoms with van der Waals surface area (Å²) in [6, 6.07) is 14.0. The number of nitrogens with one attached hydrogen (secondary N) is 5. The van der Waals surface area contributed by atoms with Gasteiger partial charge in [-0.15, -0.1) is 0 Å². The fourth-order valence-electron chi connectivity index (χ4n) is 3.51. The van der Waals surface area contributed by atoms with Crippen molar-refractivity contribution >= 4 is 67.3 Å². The Morgan fingerprint density at radius 2 is 1.28 bits per heavy atom. The first-order valence-corrected chi connectivity index (χ1v) is 16.2. The van der Waals surface area contributed by atoms with E-state index in [1.54, 1.807) is 60.3 Å². The van der Waals surface area contributed by atoms with Gasteiger partial charge < -0.3 is 25.0 Å². The Labute approximate surface area is 263 Å². The van der Waals surface area contributed by atoms with Crippen molar-refractivity contribution in [1.29, 1.82) is 21.6 Å². The second kappa shape index (κ2) is 20.7. The molecule has 0 saturated carbocycles. The Bertz CT molecular complexity index is 1180. The van der Waals surface area contributed by atoms with Crippen LogP contribution in [0.3, 0.4) is 0 Å². The highest BCUT2D eigenvalue weighted by molar-refractivity contribution is 8.26. The Morgan fingerprint density at radius 3 is 1.84 bits per heavy atom. The lowest BCUT2D eigenvalue weighted by molar-refractivity contribution is -0.119. The molecule has 0 aliphatic rings. The fourth-order valence-corrected chi connectivity index (χ4v) is 6.02. The van der Waals surface area contributed by atoms with Crippen LogP contribution in [0.4, 0.5) is 0 Å². The number of ether oxygens (including phenoxy) is 2. The quantitative estimate of drug-likeness (QED) is 0.0706. The number of Topliss-reactive ketones (excluding diaryl/α,β-unsaturated/α-hetero) is 1.